The van der Waals surface area contributed by atoms with Crippen LogP contribution in [0.3, 0.4) is 0 Å². The number of aromatic nitrogens is 3. The second-order valence-corrected chi connectivity index (χ2v) is 2.88. The molecule has 0 fully saturated rings. The average Bonchev–Trinajstić information content (AvgIpc) is 2.64. The Hall–Kier alpha value is -1.60. The lowest BCUT2D eigenvalue weighted by Crippen LogP contribution is -2.37. The van der Waals surface area contributed by atoms with Gasteiger partial charge in [0.15, 0.2) is 0 Å². The maximum absolute atomic E-state index is 11.8. The molecule has 0 unspecified atom stereocenters. The smallest absolute Gasteiger partial charge is 0.345 e. The fraction of sp³-hybridized carbons (Fsp3) is 0.571. The molecule has 0 spiro atoms. The molecule has 0 aliphatic heterocycles. The Bertz CT molecular complexity index is 321. The second-order valence-electron chi connectivity index (χ2n) is 2.88. The van der Waals surface area contributed by atoms with E-state index in [9.17, 15) is 18.0 Å². The first-order chi connectivity index (χ1) is 6.90. The molecule has 1 atom stereocenters. The van der Waals surface area contributed by atoms with Gasteiger partial charge in [0, 0.05) is 0 Å². The molecular weight excluding hydrogens is 213 g/mol. The van der Waals surface area contributed by atoms with E-state index in [4.69, 9.17) is 0 Å². The van der Waals surface area contributed by atoms with Gasteiger partial charge in [-0.25, -0.2) is 9.67 Å². The maximum atomic E-state index is 11.8. The van der Waals surface area contributed by atoms with E-state index in [2.05, 4.69) is 10.1 Å². The van der Waals surface area contributed by atoms with E-state index in [1.165, 1.54) is 24.3 Å². The number of amides is 1. The molecule has 1 rings (SSSR count). The molecule has 15 heavy (non-hydrogen) atoms. The molecule has 0 aromatic carbocycles. The largest absolute Gasteiger partial charge is 0.405 e. The molecule has 0 radical (unpaired) electrons. The first kappa shape index (κ1) is 11.5. The molecule has 5 nitrogen and oxygen atoms in total. The van der Waals surface area contributed by atoms with Gasteiger partial charge in [-0.2, -0.15) is 18.3 Å². The predicted octanol–water partition coefficient (Wildman–Crippen LogP) is 0.518. The van der Waals surface area contributed by atoms with Gasteiger partial charge in [-0.05, 0) is 6.92 Å². The van der Waals surface area contributed by atoms with E-state index in [0.717, 1.165) is 0 Å². The Kier molecular flexibility index (Phi) is 3.28. The molecule has 1 heterocycles. The van der Waals surface area contributed by atoms with Gasteiger partial charge in [0.1, 0.15) is 25.2 Å². The van der Waals surface area contributed by atoms with Crippen LogP contribution in [0.1, 0.15) is 13.0 Å². The van der Waals surface area contributed by atoms with Crippen molar-refractivity contribution < 1.29 is 18.0 Å². The van der Waals surface area contributed by atoms with Gasteiger partial charge in [-0.1, -0.05) is 0 Å². The summed E-state index contributed by atoms with van der Waals surface area (Å²) in [5.74, 6) is -0.752. The molecule has 8 heteroatoms. The Morgan fingerprint density at radius 2 is 2.27 bits per heavy atom. The van der Waals surface area contributed by atoms with Crippen LogP contribution in [0.15, 0.2) is 12.7 Å². The molecule has 1 aromatic rings. The van der Waals surface area contributed by atoms with Crippen LogP contribution in [0.25, 0.3) is 0 Å². The highest BCUT2D eigenvalue weighted by molar-refractivity contribution is 5.79. The molecule has 0 aliphatic carbocycles. The Balaban J connectivity index is 2.48. The Morgan fingerprint density at radius 1 is 1.60 bits per heavy atom. The zero-order valence-electron chi connectivity index (χ0n) is 7.82. The standard InChI is InChI=1S/C7H9F3N4O/c1-5(14-4-11-3-13-14)6(15)12-2-7(8,9)10/h3-5H,2H2,1H3,(H,12,15)/t5-/m1/s1. The van der Waals surface area contributed by atoms with Crippen LogP contribution in [0.5, 0.6) is 0 Å². The molecule has 1 amide bonds. The lowest BCUT2D eigenvalue weighted by Gasteiger charge is -2.13. The van der Waals surface area contributed by atoms with Crippen molar-refractivity contribution in [2.45, 2.75) is 19.1 Å². The van der Waals surface area contributed by atoms with Gasteiger partial charge >= 0.3 is 6.18 Å². The summed E-state index contributed by atoms with van der Waals surface area (Å²) in [4.78, 5) is 14.8. The zero-order chi connectivity index (χ0) is 11.5. The van der Waals surface area contributed by atoms with Gasteiger partial charge in [-0.3, -0.25) is 4.79 Å². The first-order valence-electron chi connectivity index (χ1n) is 4.09. The fourth-order valence-corrected chi connectivity index (χ4v) is 0.873. The second kappa shape index (κ2) is 4.28. The molecular formula is C7H9F3N4O. The normalized spacial score (nSPS) is 13.6. The van der Waals surface area contributed by atoms with E-state index in [1.54, 1.807) is 5.32 Å². The minimum atomic E-state index is -4.41. The summed E-state index contributed by atoms with van der Waals surface area (Å²) in [6.45, 7) is 0.0885. The number of carbonyl (C=O) groups excluding carboxylic acids is 1. The number of nitrogens with one attached hydrogen (secondary N) is 1. The number of nitrogens with zero attached hydrogens (tertiary/aromatic N) is 3. The molecule has 0 saturated heterocycles. The fourth-order valence-electron chi connectivity index (χ4n) is 0.873. The van der Waals surface area contributed by atoms with Crippen LogP contribution in [0.4, 0.5) is 13.2 Å². The number of alkyl halides is 3. The van der Waals surface area contributed by atoms with Crippen molar-refractivity contribution in [1.82, 2.24) is 20.1 Å². The minimum absolute atomic E-state index is 0.752. The third kappa shape index (κ3) is 3.56. The van der Waals surface area contributed by atoms with E-state index in [0.29, 0.717) is 0 Å². The van der Waals surface area contributed by atoms with E-state index >= 15 is 0 Å². The summed E-state index contributed by atoms with van der Waals surface area (Å²) >= 11 is 0. The van der Waals surface area contributed by atoms with Gasteiger partial charge < -0.3 is 5.32 Å². The lowest BCUT2D eigenvalue weighted by atomic mass is 10.3. The van der Waals surface area contributed by atoms with Crippen LogP contribution in [0, 0.1) is 0 Å². The predicted molar refractivity (Wildman–Crippen MR) is 43.8 cm³/mol. The van der Waals surface area contributed by atoms with Crippen molar-refractivity contribution in [3.63, 3.8) is 0 Å². The minimum Gasteiger partial charge on any atom is -0.345 e. The van der Waals surface area contributed by atoms with Crippen LogP contribution < -0.4 is 5.32 Å². The van der Waals surface area contributed by atoms with Gasteiger partial charge in [-0.15, -0.1) is 0 Å². The number of rotatable bonds is 3. The van der Waals surface area contributed by atoms with Gasteiger partial charge in [0.2, 0.25) is 5.91 Å². The van der Waals surface area contributed by atoms with E-state index < -0.39 is 24.7 Å². The summed E-state index contributed by atoms with van der Waals surface area (Å²) in [7, 11) is 0. The van der Waals surface area contributed by atoms with Crippen molar-refractivity contribution in [3.8, 4) is 0 Å². The number of hydrogen-bond acceptors (Lipinski definition) is 3. The topological polar surface area (TPSA) is 59.8 Å². The Morgan fingerprint density at radius 3 is 2.73 bits per heavy atom. The molecule has 0 aliphatic rings. The van der Waals surface area contributed by atoms with Crippen molar-refractivity contribution >= 4 is 5.91 Å². The molecule has 1 aromatic heterocycles. The SMILES string of the molecule is C[C@H](C(=O)NCC(F)(F)F)n1cncn1. The van der Waals surface area contributed by atoms with E-state index in [1.807, 2.05) is 0 Å². The van der Waals surface area contributed by atoms with Crippen LogP contribution in [-0.4, -0.2) is 33.4 Å². The highest BCUT2D eigenvalue weighted by Crippen LogP contribution is 2.13. The summed E-state index contributed by atoms with van der Waals surface area (Å²) in [6, 6.07) is -0.810. The number of halogens is 3. The third-order valence-electron chi connectivity index (χ3n) is 1.68. The monoisotopic (exact) mass is 222 g/mol. The average molecular weight is 222 g/mol. The summed E-state index contributed by atoms with van der Waals surface area (Å²) in [5.41, 5.74) is 0. The summed E-state index contributed by atoms with van der Waals surface area (Å²) < 4.78 is 36.5. The maximum Gasteiger partial charge on any atom is 0.405 e. The van der Waals surface area contributed by atoms with Crippen LogP contribution in [0.2, 0.25) is 0 Å². The van der Waals surface area contributed by atoms with Crippen LogP contribution in [-0.2, 0) is 4.79 Å². The van der Waals surface area contributed by atoms with Crippen molar-refractivity contribution in [1.29, 1.82) is 0 Å². The van der Waals surface area contributed by atoms with E-state index in [-0.39, 0.29) is 0 Å². The zero-order valence-corrected chi connectivity index (χ0v) is 7.82. The number of carbonyl (C=O) groups is 1. The summed E-state index contributed by atoms with van der Waals surface area (Å²) in [6.07, 6.45) is -1.94. The first-order valence-corrected chi connectivity index (χ1v) is 4.09. The summed E-state index contributed by atoms with van der Waals surface area (Å²) in [5, 5.41) is 5.40. The highest BCUT2D eigenvalue weighted by Gasteiger charge is 2.29. The molecule has 0 bridgehead atoms. The lowest BCUT2D eigenvalue weighted by molar-refractivity contribution is -0.140. The highest BCUT2D eigenvalue weighted by atomic mass is 19.4. The van der Waals surface area contributed by atoms with Crippen molar-refractivity contribution in [2.75, 3.05) is 6.54 Å². The van der Waals surface area contributed by atoms with Crippen molar-refractivity contribution in [3.05, 3.63) is 12.7 Å². The van der Waals surface area contributed by atoms with Gasteiger partial charge in [0.05, 0.1) is 0 Å². The van der Waals surface area contributed by atoms with Crippen molar-refractivity contribution in [2.24, 2.45) is 0 Å². The number of hydrogen-bond donors (Lipinski definition) is 1. The molecule has 84 valence electrons. The van der Waals surface area contributed by atoms with Crippen LogP contribution >= 0.6 is 0 Å². The molecule has 0 saturated carbocycles. The Labute approximate surface area is 83.3 Å². The molecule has 1 N–H and O–H groups in total. The quantitative estimate of drug-likeness (QED) is 0.810. The third-order valence-corrected chi connectivity index (χ3v) is 1.68. The van der Waals surface area contributed by atoms with Gasteiger partial charge in [0.25, 0.3) is 0 Å².